The fourth-order valence-corrected chi connectivity index (χ4v) is 4.16. The number of anilines is 2. The number of sulfonamides is 1. The minimum Gasteiger partial charge on any atom is -0.490 e. The number of amides is 1. The molecule has 3 rings (SSSR count). The Bertz CT molecular complexity index is 966. The van der Waals surface area contributed by atoms with Gasteiger partial charge in [-0.15, -0.1) is 0 Å². The second-order valence-corrected chi connectivity index (χ2v) is 9.29. The van der Waals surface area contributed by atoms with Crippen LogP contribution in [0.25, 0.3) is 0 Å². The lowest BCUT2D eigenvalue weighted by Crippen LogP contribution is -2.39. The highest BCUT2D eigenvalue weighted by Gasteiger charge is 2.36. The van der Waals surface area contributed by atoms with Crippen LogP contribution in [0.5, 0.6) is 5.75 Å². The monoisotopic (exact) mass is 388 g/mol. The number of nitrogens with zero attached hydrogens (tertiary/aromatic N) is 1. The van der Waals surface area contributed by atoms with Crippen LogP contribution in [0, 0.1) is 12.3 Å². The van der Waals surface area contributed by atoms with Crippen molar-refractivity contribution in [3.05, 3.63) is 53.6 Å². The lowest BCUT2D eigenvalue weighted by atomic mass is 9.93. The van der Waals surface area contributed by atoms with Gasteiger partial charge in [0.25, 0.3) is 0 Å². The molecule has 7 heteroatoms. The van der Waals surface area contributed by atoms with Crippen LogP contribution in [0.15, 0.2) is 42.5 Å². The van der Waals surface area contributed by atoms with Crippen molar-refractivity contribution >= 4 is 27.3 Å². The van der Waals surface area contributed by atoms with Gasteiger partial charge in [0.2, 0.25) is 15.9 Å². The van der Waals surface area contributed by atoms with Gasteiger partial charge in [-0.05, 0) is 44.5 Å². The summed E-state index contributed by atoms with van der Waals surface area (Å²) in [4.78, 5) is 14.1. The quantitative estimate of drug-likeness (QED) is 0.872. The van der Waals surface area contributed by atoms with Crippen LogP contribution >= 0.6 is 0 Å². The average Bonchev–Trinajstić information content (AvgIpc) is 2.67. The Morgan fingerprint density at radius 3 is 2.48 bits per heavy atom. The Kier molecular flexibility index (Phi) is 4.90. The molecular weight excluding hydrogens is 364 g/mol. The number of rotatable bonds is 4. The van der Waals surface area contributed by atoms with Gasteiger partial charge in [-0.1, -0.05) is 29.8 Å². The van der Waals surface area contributed by atoms with Crippen LogP contribution in [0.3, 0.4) is 0 Å². The topological polar surface area (TPSA) is 75.7 Å². The van der Waals surface area contributed by atoms with E-state index in [1.54, 1.807) is 37.4 Å². The largest absolute Gasteiger partial charge is 0.490 e. The number of hydrogen-bond acceptors (Lipinski definition) is 4. The Balaban J connectivity index is 1.84. The first kappa shape index (κ1) is 19.2. The molecule has 0 saturated heterocycles. The van der Waals surface area contributed by atoms with E-state index in [1.165, 1.54) is 4.90 Å². The summed E-state index contributed by atoms with van der Waals surface area (Å²) >= 11 is 0. The third-order valence-corrected chi connectivity index (χ3v) is 5.80. The number of hydrogen-bond donors (Lipinski definition) is 1. The third kappa shape index (κ3) is 4.24. The van der Waals surface area contributed by atoms with Gasteiger partial charge in [-0.2, -0.15) is 0 Å². The van der Waals surface area contributed by atoms with E-state index in [-0.39, 0.29) is 18.3 Å². The van der Waals surface area contributed by atoms with Crippen molar-refractivity contribution in [2.75, 3.05) is 23.3 Å². The van der Waals surface area contributed by atoms with Crippen molar-refractivity contribution in [2.24, 2.45) is 5.41 Å². The fraction of sp³-hybridized carbons (Fsp3) is 0.350. The van der Waals surface area contributed by atoms with E-state index in [4.69, 9.17) is 4.74 Å². The molecule has 6 nitrogen and oxygen atoms in total. The maximum absolute atomic E-state index is 12.6. The van der Waals surface area contributed by atoms with E-state index >= 15 is 0 Å². The molecule has 1 aliphatic heterocycles. The maximum atomic E-state index is 12.6. The Morgan fingerprint density at radius 2 is 1.81 bits per heavy atom. The molecule has 0 unspecified atom stereocenters. The summed E-state index contributed by atoms with van der Waals surface area (Å²) in [6, 6.07) is 12.3. The molecule has 0 aliphatic carbocycles. The van der Waals surface area contributed by atoms with Gasteiger partial charge in [-0.25, -0.2) is 8.42 Å². The van der Waals surface area contributed by atoms with Crippen LogP contribution in [0.1, 0.15) is 25.0 Å². The molecule has 1 N–H and O–H groups in total. The summed E-state index contributed by atoms with van der Waals surface area (Å²) in [7, 11) is -1.92. The summed E-state index contributed by atoms with van der Waals surface area (Å²) in [6.07, 6.45) is 0. The summed E-state index contributed by atoms with van der Waals surface area (Å²) in [5.41, 5.74) is 2.06. The van der Waals surface area contributed by atoms with Crippen molar-refractivity contribution in [3.63, 3.8) is 0 Å². The molecule has 1 amide bonds. The van der Waals surface area contributed by atoms with Crippen molar-refractivity contribution in [1.29, 1.82) is 0 Å². The minimum absolute atomic E-state index is 0.0825. The van der Waals surface area contributed by atoms with Crippen LogP contribution in [-0.4, -0.2) is 28.0 Å². The van der Waals surface area contributed by atoms with Crippen molar-refractivity contribution in [1.82, 2.24) is 0 Å². The van der Waals surface area contributed by atoms with E-state index in [2.05, 4.69) is 4.72 Å². The highest BCUT2D eigenvalue weighted by molar-refractivity contribution is 7.91. The predicted molar refractivity (Wildman–Crippen MR) is 107 cm³/mol. The number of nitrogens with one attached hydrogen (secondary N) is 1. The summed E-state index contributed by atoms with van der Waals surface area (Å²) in [5, 5.41) is 0. The Hall–Kier alpha value is -2.54. The third-order valence-electron chi connectivity index (χ3n) is 4.54. The Labute approximate surface area is 160 Å². The van der Waals surface area contributed by atoms with Crippen molar-refractivity contribution in [3.8, 4) is 5.75 Å². The normalized spacial score (nSPS) is 16.3. The molecule has 1 heterocycles. The predicted octanol–water partition coefficient (Wildman–Crippen LogP) is 3.32. The SMILES string of the molecule is Cc1ccc(CS(=O)(=O)Nc2ccc3c(c2)N(C)C(=O)C(C)(C)CO3)cc1. The van der Waals surface area contributed by atoms with E-state index < -0.39 is 15.4 Å². The number of ether oxygens (including phenoxy) is 1. The van der Waals surface area contributed by atoms with Crippen LogP contribution in [0.4, 0.5) is 11.4 Å². The molecule has 27 heavy (non-hydrogen) atoms. The molecule has 0 atom stereocenters. The molecule has 0 fully saturated rings. The molecule has 0 radical (unpaired) electrons. The van der Waals surface area contributed by atoms with Gasteiger partial charge in [0, 0.05) is 7.05 Å². The first-order valence-corrected chi connectivity index (χ1v) is 10.3. The number of benzene rings is 2. The van der Waals surface area contributed by atoms with Crippen LogP contribution in [0.2, 0.25) is 0 Å². The van der Waals surface area contributed by atoms with E-state index in [1.807, 2.05) is 32.9 Å². The number of carbonyl (C=O) groups excluding carboxylic acids is 1. The van der Waals surface area contributed by atoms with Gasteiger partial charge < -0.3 is 9.64 Å². The van der Waals surface area contributed by atoms with Crippen molar-refractivity contribution < 1.29 is 17.9 Å². The van der Waals surface area contributed by atoms with Gasteiger partial charge in [0.05, 0.1) is 22.5 Å². The zero-order valence-corrected chi connectivity index (χ0v) is 16.8. The molecule has 0 bridgehead atoms. The van der Waals surface area contributed by atoms with Crippen LogP contribution < -0.4 is 14.4 Å². The molecule has 0 aromatic heterocycles. The molecular formula is C20H24N2O4S. The van der Waals surface area contributed by atoms with Crippen molar-refractivity contribution in [2.45, 2.75) is 26.5 Å². The standard InChI is InChI=1S/C20H24N2O4S/c1-14-5-7-15(8-6-14)12-27(24,25)21-16-9-10-18-17(11-16)22(4)19(23)20(2,3)13-26-18/h5-11,21H,12-13H2,1-4H3. The van der Waals surface area contributed by atoms with E-state index in [0.29, 0.717) is 22.7 Å². The zero-order chi connectivity index (χ0) is 19.8. The summed E-state index contributed by atoms with van der Waals surface area (Å²) in [5.74, 6) is 0.349. The maximum Gasteiger partial charge on any atom is 0.236 e. The first-order valence-electron chi connectivity index (χ1n) is 8.68. The van der Waals surface area contributed by atoms with E-state index in [0.717, 1.165) is 5.56 Å². The molecule has 0 spiro atoms. The number of carbonyl (C=O) groups is 1. The van der Waals surface area contributed by atoms with Gasteiger partial charge >= 0.3 is 0 Å². The van der Waals surface area contributed by atoms with E-state index in [9.17, 15) is 13.2 Å². The molecule has 2 aromatic carbocycles. The Morgan fingerprint density at radius 1 is 1.15 bits per heavy atom. The second-order valence-electron chi connectivity index (χ2n) is 7.57. The lowest BCUT2D eigenvalue weighted by molar-refractivity contribution is -0.127. The average molecular weight is 388 g/mol. The first-order chi connectivity index (χ1) is 12.6. The summed E-state index contributed by atoms with van der Waals surface area (Å²) < 4.78 is 33.4. The molecule has 1 aliphatic rings. The lowest BCUT2D eigenvalue weighted by Gasteiger charge is -2.24. The molecule has 0 saturated carbocycles. The fourth-order valence-electron chi connectivity index (χ4n) is 2.97. The van der Waals surface area contributed by atoms with Gasteiger partial charge in [-0.3, -0.25) is 9.52 Å². The number of fused-ring (bicyclic) bond motifs is 1. The highest BCUT2D eigenvalue weighted by atomic mass is 32.2. The minimum atomic E-state index is -3.58. The molecule has 2 aromatic rings. The second kappa shape index (κ2) is 6.88. The molecule has 144 valence electrons. The van der Waals surface area contributed by atoms with Gasteiger partial charge in [0.1, 0.15) is 12.4 Å². The smallest absolute Gasteiger partial charge is 0.236 e. The number of aryl methyl sites for hydroxylation is 1. The zero-order valence-electron chi connectivity index (χ0n) is 15.9. The summed E-state index contributed by atoms with van der Waals surface area (Å²) in [6.45, 7) is 5.86. The van der Waals surface area contributed by atoms with Crippen LogP contribution in [-0.2, 0) is 20.6 Å². The highest BCUT2D eigenvalue weighted by Crippen LogP contribution is 2.37. The van der Waals surface area contributed by atoms with Gasteiger partial charge in [0.15, 0.2) is 0 Å².